The normalized spacial score (nSPS) is 10.4. The quantitative estimate of drug-likeness (QED) is 0.587. The van der Waals surface area contributed by atoms with Crippen LogP contribution in [-0.4, -0.2) is 5.78 Å². The Morgan fingerprint density at radius 1 is 1.00 bits per heavy atom. The molecule has 0 aliphatic heterocycles. The lowest BCUT2D eigenvalue weighted by Crippen LogP contribution is -2.03. The van der Waals surface area contributed by atoms with E-state index in [4.69, 9.17) is 23.2 Å². The van der Waals surface area contributed by atoms with Crippen molar-refractivity contribution in [2.24, 2.45) is 0 Å². The molecule has 0 aliphatic carbocycles. The minimum Gasteiger partial charge on any atom is -0.289 e. The Labute approximate surface area is 112 Å². The van der Waals surface area contributed by atoms with Crippen LogP contribution in [0.25, 0.3) is 0 Å². The lowest BCUT2D eigenvalue weighted by atomic mass is 10.0. The van der Waals surface area contributed by atoms with Gasteiger partial charge in [0.1, 0.15) is 0 Å². The molecule has 0 atom stereocenters. The van der Waals surface area contributed by atoms with E-state index in [2.05, 4.69) is 0 Å². The van der Waals surface area contributed by atoms with Gasteiger partial charge in [0.25, 0.3) is 0 Å². The van der Waals surface area contributed by atoms with Gasteiger partial charge in [-0.3, -0.25) is 4.79 Å². The molecule has 0 aromatic heterocycles. The first-order valence-electron chi connectivity index (χ1n) is 4.94. The number of hydrogen-bond acceptors (Lipinski definition) is 1. The summed E-state index contributed by atoms with van der Waals surface area (Å²) in [4.78, 5) is 12.1. The van der Waals surface area contributed by atoms with Crippen molar-refractivity contribution >= 4 is 29.0 Å². The maximum Gasteiger partial charge on any atom is 0.194 e. The van der Waals surface area contributed by atoms with E-state index in [-0.39, 0.29) is 16.1 Å². The third kappa shape index (κ3) is 2.52. The zero-order valence-corrected chi connectivity index (χ0v) is 10.4. The maximum atomic E-state index is 13.1. The van der Waals surface area contributed by atoms with Crippen LogP contribution in [-0.2, 0) is 0 Å². The van der Waals surface area contributed by atoms with Crippen molar-refractivity contribution in [3.63, 3.8) is 0 Å². The van der Waals surface area contributed by atoms with E-state index in [1.807, 2.05) is 0 Å². The Morgan fingerprint density at radius 2 is 1.67 bits per heavy atom. The van der Waals surface area contributed by atoms with Gasteiger partial charge in [0.05, 0.1) is 5.02 Å². The van der Waals surface area contributed by atoms with E-state index in [0.29, 0.717) is 5.02 Å². The van der Waals surface area contributed by atoms with Crippen molar-refractivity contribution in [1.29, 1.82) is 0 Å². The molecule has 0 bridgehead atoms. The minimum absolute atomic E-state index is 0.0992. The van der Waals surface area contributed by atoms with Crippen LogP contribution in [0.4, 0.5) is 8.78 Å². The molecule has 2 aromatic rings. The van der Waals surface area contributed by atoms with E-state index in [1.165, 1.54) is 12.1 Å². The van der Waals surface area contributed by atoms with Gasteiger partial charge in [-0.1, -0.05) is 35.3 Å². The Hall–Kier alpha value is -1.45. The molecule has 18 heavy (non-hydrogen) atoms. The van der Waals surface area contributed by atoms with Gasteiger partial charge >= 0.3 is 0 Å². The van der Waals surface area contributed by atoms with Crippen LogP contribution >= 0.6 is 23.2 Å². The molecule has 0 radical (unpaired) electrons. The van der Waals surface area contributed by atoms with Crippen molar-refractivity contribution in [2.45, 2.75) is 0 Å². The fourth-order valence-corrected chi connectivity index (χ4v) is 1.91. The Morgan fingerprint density at radius 3 is 2.33 bits per heavy atom. The van der Waals surface area contributed by atoms with Crippen LogP contribution in [0, 0.1) is 11.6 Å². The molecule has 0 fully saturated rings. The third-order valence-electron chi connectivity index (χ3n) is 2.34. The number of halogens is 4. The van der Waals surface area contributed by atoms with Gasteiger partial charge in [-0.25, -0.2) is 8.78 Å². The first kappa shape index (κ1) is 13.0. The predicted octanol–water partition coefficient (Wildman–Crippen LogP) is 4.50. The van der Waals surface area contributed by atoms with Crippen molar-refractivity contribution in [3.05, 3.63) is 69.2 Å². The van der Waals surface area contributed by atoms with Crippen LogP contribution in [0.3, 0.4) is 0 Å². The zero-order valence-electron chi connectivity index (χ0n) is 8.88. The number of ketones is 1. The van der Waals surface area contributed by atoms with Crippen molar-refractivity contribution in [1.82, 2.24) is 0 Å². The smallest absolute Gasteiger partial charge is 0.194 e. The molecule has 0 N–H and O–H groups in total. The lowest BCUT2D eigenvalue weighted by Gasteiger charge is -2.05. The highest BCUT2D eigenvalue weighted by atomic mass is 35.5. The summed E-state index contributed by atoms with van der Waals surface area (Å²) >= 11 is 11.5. The first-order valence-corrected chi connectivity index (χ1v) is 5.69. The number of carbonyl (C=O) groups excluding carboxylic acids is 1. The van der Waals surface area contributed by atoms with Gasteiger partial charge in [-0.05, 0) is 24.3 Å². The molecule has 0 saturated heterocycles. The summed E-state index contributed by atoms with van der Waals surface area (Å²) in [5.74, 6) is -2.73. The second-order valence-corrected chi connectivity index (χ2v) is 4.43. The third-order valence-corrected chi connectivity index (χ3v) is 2.89. The second kappa shape index (κ2) is 5.04. The molecule has 0 saturated carbocycles. The fourth-order valence-electron chi connectivity index (χ4n) is 1.48. The van der Waals surface area contributed by atoms with Crippen molar-refractivity contribution in [2.75, 3.05) is 0 Å². The number of carbonyl (C=O) groups is 1. The molecule has 2 aromatic carbocycles. The predicted molar refractivity (Wildman–Crippen MR) is 66.3 cm³/mol. The molecule has 0 unspecified atom stereocenters. The summed E-state index contributed by atoms with van der Waals surface area (Å²) in [6, 6.07) is 7.69. The Kier molecular flexibility index (Phi) is 3.64. The van der Waals surface area contributed by atoms with Crippen LogP contribution in [0.1, 0.15) is 15.9 Å². The van der Waals surface area contributed by atoms with Gasteiger partial charge in [-0.15, -0.1) is 0 Å². The maximum absolute atomic E-state index is 13.1. The molecule has 0 aliphatic rings. The fraction of sp³-hybridized carbons (Fsp3) is 0. The van der Waals surface area contributed by atoms with Gasteiger partial charge in [0.15, 0.2) is 17.4 Å². The number of benzene rings is 2. The standard InChI is InChI=1S/C13H6Cl2F2O/c14-8-3-1-2-7(4-8)13(18)9-5-11(16)12(17)6-10(9)15/h1-6H. The molecular weight excluding hydrogens is 281 g/mol. The topological polar surface area (TPSA) is 17.1 Å². The van der Waals surface area contributed by atoms with Crippen LogP contribution in [0.5, 0.6) is 0 Å². The molecule has 0 spiro atoms. The molecule has 5 heteroatoms. The average molecular weight is 287 g/mol. The number of hydrogen-bond donors (Lipinski definition) is 0. The summed E-state index contributed by atoms with van der Waals surface area (Å²) in [6.45, 7) is 0. The highest BCUT2D eigenvalue weighted by Gasteiger charge is 2.16. The number of rotatable bonds is 2. The molecule has 2 rings (SSSR count). The zero-order chi connectivity index (χ0) is 13.3. The molecule has 92 valence electrons. The lowest BCUT2D eigenvalue weighted by molar-refractivity contribution is 0.103. The largest absolute Gasteiger partial charge is 0.289 e. The summed E-state index contributed by atoms with van der Waals surface area (Å²) in [7, 11) is 0. The molecular formula is C13H6Cl2F2O. The van der Waals surface area contributed by atoms with Crippen LogP contribution < -0.4 is 0 Å². The van der Waals surface area contributed by atoms with E-state index < -0.39 is 17.4 Å². The Balaban J connectivity index is 2.49. The highest BCUT2D eigenvalue weighted by molar-refractivity contribution is 6.35. The first-order chi connectivity index (χ1) is 8.49. The van der Waals surface area contributed by atoms with Crippen LogP contribution in [0.15, 0.2) is 36.4 Å². The van der Waals surface area contributed by atoms with E-state index >= 15 is 0 Å². The summed E-state index contributed by atoms with van der Waals surface area (Å²) in [5, 5.41) is 0.235. The van der Waals surface area contributed by atoms with Gasteiger partial charge in [0, 0.05) is 16.1 Å². The highest BCUT2D eigenvalue weighted by Crippen LogP contribution is 2.23. The summed E-state index contributed by atoms with van der Waals surface area (Å²) in [5.41, 5.74) is 0.160. The van der Waals surface area contributed by atoms with Gasteiger partial charge < -0.3 is 0 Å². The van der Waals surface area contributed by atoms with E-state index in [1.54, 1.807) is 12.1 Å². The van der Waals surface area contributed by atoms with Crippen molar-refractivity contribution in [3.8, 4) is 0 Å². The van der Waals surface area contributed by atoms with Crippen molar-refractivity contribution < 1.29 is 13.6 Å². The van der Waals surface area contributed by atoms with E-state index in [9.17, 15) is 13.6 Å². The summed E-state index contributed by atoms with van der Waals surface area (Å²) < 4.78 is 26.0. The molecule has 0 heterocycles. The van der Waals surface area contributed by atoms with Gasteiger partial charge in [0.2, 0.25) is 0 Å². The van der Waals surface area contributed by atoms with Crippen LogP contribution in [0.2, 0.25) is 10.0 Å². The average Bonchev–Trinajstić information content (AvgIpc) is 2.33. The SMILES string of the molecule is O=C(c1cccc(Cl)c1)c1cc(F)c(F)cc1Cl. The molecule has 0 amide bonds. The molecule has 1 nitrogen and oxygen atoms in total. The van der Waals surface area contributed by atoms with E-state index in [0.717, 1.165) is 12.1 Å². The van der Waals surface area contributed by atoms with Gasteiger partial charge in [-0.2, -0.15) is 0 Å². The minimum atomic E-state index is -1.12. The Bertz CT molecular complexity index is 626. The second-order valence-electron chi connectivity index (χ2n) is 3.59. The monoisotopic (exact) mass is 286 g/mol. The summed E-state index contributed by atoms with van der Waals surface area (Å²) in [6.07, 6.45) is 0.